The van der Waals surface area contributed by atoms with Gasteiger partial charge in [0, 0.05) is 15.7 Å². The van der Waals surface area contributed by atoms with Crippen molar-refractivity contribution in [2.24, 2.45) is 0 Å². The summed E-state index contributed by atoms with van der Waals surface area (Å²) >= 11 is 3.54. The molecule has 1 amide bonds. The summed E-state index contributed by atoms with van der Waals surface area (Å²) in [6, 6.07) is 12.5. The Morgan fingerprint density at radius 3 is 2.84 bits per heavy atom. The van der Waals surface area contributed by atoms with Gasteiger partial charge in [-0.1, -0.05) is 28.1 Å². The number of para-hydroxylation sites is 2. The van der Waals surface area contributed by atoms with Gasteiger partial charge < -0.3 is 20.1 Å². The number of carbonyl (C=O) groups is 1. The van der Waals surface area contributed by atoms with E-state index in [0.717, 1.165) is 10.0 Å². The number of nitrogens with one attached hydrogen (secondary N) is 2. The number of ether oxygens (including phenoxy) is 2. The van der Waals surface area contributed by atoms with Crippen molar-refractivity contribution in [2.75, 3.05) is 24.4 Å². The van der Waals surface area contributed by atoms with Crippen LogP contribution in [0, 0.1) is 0 Å². The Morgan fingerprint density at radius 1 is 1.26 bits per heavy atom. The molecule has 0 bridgehead atoms. The predicted octanol–water partition coefficient (Wildman–Crippen LogP) is 4.38. The number of hydrogen-bond donors (Lipinski definition) is 2. The van der Waals surface area contributed by atoms with Crippen molar-refractivity contribution in [3.8, 4) is 11.5 Å². The van der Waals surface area contributed by atoms with Crippen LogP contribution in [0.15, 0.2) is 64.5 Å². The van der Waals surface area contributed by atoms with Crippen LogP contribution in [0.25, 0.3) is 0 Å². The molecule has 0 saturated carbocycles. The lowest BCUT2D eigenvalue weighted by Crippen LogP contribution is -2.32. The summed E-state index contributed by atoms with van der Waals surface area (Å²) in [6.07, 6.45) is 1.46. The second-order valence-corrected chi connectivity index (χ2v) is 7.78. The molecule has 160 valence electrons. The van der Waals surface area contributed by atoms with Crippen LogP contribution in [0.4, 0.5) is 11.6 Å². The third kappa shape index (κ3) is 4.00. The van der Waals surface area contributed by atoms with Crippen LogP contribution in [0.2, 0.25) is 0 Å². The average molecular weight is 484 g/mol. The highest BCUT2D eigenvalue weighted by atomic mass is 79.9. The summed E-state index contributed by atoms with van der Waals surface area (Å²) in [4.78, 5) is 17.8. The highest BCUT2D eigenvalue weighted by Gasteiger charge is 2.35. The van der Waals surface area contributed by atoms with Crippen molar-refractivity contribution in [2.45, 2.75) is 19.9 Å². The Hall–Kier alpha value is -3.33. The van der Waals surface area contributed by atoms with Crippen molar-refractivity contribution in [3.05, 3.63) is 70.1 Å². The first-order valence-corrected chi connectivity index (χ1v) is 10.6. The van der Waals surface area contributed by atoms with E-state index in [-0.39, 0.29) is 5.91 Å². The summed E-state index contributed by atoms with van der Waals surface area (Å²) in [5, 5.41) is 10.5. The highest BCUT2D eigenvalue weighted by Crippen LogP contribution is 2.40. The van der Waals surface area contributed by atoms with E-state index in [1.165, 1.54) is 6.33 Å². The van der Waals surface area contributed by atoms with Gasteiger partial charge in [-0.15, -0.1) is 0 Å². The maximum absolute atomic E-state index is 13.5. The van der Waals surface area contributed by atoms with Crippen molar-refractivity contribution >= 4 is 33.5 Å². The number of aromatic nitrogens is 3. The Labute approximate surface area is 188 Å². The number of benzene rings is 2. The maximum Gasteiger partial charge on any atom is 0.255 e. The highest BCUT2D eigenvalue weighted by molar-refractivity contribution is 9.10. The standard InChI is InChI=1S/C22H22BrN5O3/c1-4-31-17-10-9-14(23)11-15(17)20-19(13(2)26-22-24-12-25-28(20)22)21(29)27-16-7-5-6-8-18(16)30-3/h5-12,20H,4H2,1-3H3,(H,27,29)(H,24,25,26). The van der Waals surface area contributed by atoms with Crippen LogP contribution in [0.5, 0.6) is 11.5 Å². The molecule has 1 atom stereocenters. The Balaban J connectivity index is 1.82. The minimum atomic E-state index is -0.535. The first kappa shape index (κ1) is 20.9. The van der Waals surface area contributed by atoms with Crippen LogP contribution in [-0.4, -0.2) is 34.4 Å². The van der Waals surface area contributed by atoms with E-state index in [1.54, 1.807) is 23.9 Å². The third-order valence-corrected chi connectivity index (χ3v) is 5.45. The van der Waals surface area contributed by atoms with E-state index < -0.39 is 6.04 Å². The number of methoxy groups -OCH3 is 1. The minimum Gasteiger partial charge on any atom is -0.495 e. The number of fused-ring (bicyclic) bond motifs is 1. The first-order valence-electron chi connectivity index (χ1n) is 9.77. The zero-order chi connectivity index (χ0) is 22.0. The molecule has 0 aliphatic carbocycles. The molecule has 4 rings (SSSR count). The van der Waals surface area contributed by atoms with E-state index in [2.05, 4.69) is 36.6 Å². The van der Waals surface area contributed by atoms with Crippen LogP contribution in [-0.2, 0) is 4.79 Å². The van der Waals surface area contributed by atoms with E-state index in [9.17, 15) is 4.79 Å². The zero-order valence-corrected chi connectivity index (χ0v) is 18.9. The van der Waals surface area contributed by atoms with E-state index in [1.807, 2.05) is 44.2 Å². The van der Waals surface area contributed by atoms with Gasteiger partial charge in [0.25, 0.3) is 5.91 Å². The molecule has 9 heteroatoms. The van der Waals surface area contributed by atoms with E-state index in [0.29, 0.717) is 41.0 Å². The van der Waals surface area contributed by atoms with Crippen LogP contribution < -0.4 is 20.1 Å². The number of allylic oxidation sites excluding steroid dienone is 1. The minimum absolute atomic E-state index is 0.275. The summed E-state index contributed by atoms with van der Waals surface area (Å²) in [6.45, 7) is 4.27. The Bertz CT molecular complexity index is 1160. The average Bonchev–Trinajstić information content (AvgIpc) is 3.22. The number of anilines is 2. The number of halogens is 1. The van der Waals surface area contributed by atoms with Gasteiger partial charge in [-0.05, 0) is 44.2 Å². The first-order chi connectivity index (χ1) is 15.0. The number of hydrogen-bond acceptors (Lipinski definition) is 6. The molecule has 1 aromatic heterocycles. The van der Waals surface area contributed by atoms with Crippen LogP contribution in [0.3, 0.4) is 0 Å². The monoisotopic (exact) mass is 483 g/mol. The van der Waals surface area contributed by atoms with E-state index in [4.69, 9.17) is 9.47 Å². The lowest BCUT2D eigenvalue weighted by atomic mass is 9.94. The number of rotatable bonds is 6. The molecule has 0 saturated heterocycles. The number of amides is 1. The third-order valence-electron chi connectivity index (χ3n) is 4.96. The molecular weight excluding hydrogens is 462 g/mol. The summed E-state index contributed by atoms with van der Waals surface area (Å²) in [5.74, 6) is 1.53. The second-order valence-electron chi connectivity index (χ2n) is 6.86. The second kappa shape index (κ2) is 8.81. The van der Waals surface area contributed by atoms with Gasteiger partial charge in [0.1, 0.15) is 23.9 Å². The molecule has 31 heavy (non-hydrogen) atoms. The smallest absolute Gasteiger partial charge is 0.255 e. The SMILES string of the molecule is CCOc1ccc(Br)cc1C1C(C(=O)Nc2ccccc2OC)=C(C)Nc2ncnn21. The van der Waals surface area contributed by atoms with Gasteiger partial charge in [0.2, 0.25) is 5.95 Å². The fourth-order valence-electron chi connectivity index (χ4n) is 3.63. The fraction of sp³-hybridized carbons (Fsp3) is 0.227. The molecule has 1 aliphatic rings. The number of carbonyl (C=O) groups excluding carboxylic acids is 1. The molecule has 8 nitrogen and oxygen atoms in total. The van der Waals surface area contributed by atoms with Crippen molar-refractivity contribution in [1.82, 2.24) is 14.8 Å². The predicted molar refractivity (Wildman–Crippen MR) is 121 cm³/mol. The van der Waals surface area contributed by atoms with Gasteiger partial charge in [-0.3, -0.25) is 4.79 Å². The van der Waals surface area contributed by atoms with Crippen molar-refractivity contribution in [3.63, 3.8) is 0 Å². The number of nitrogens with zero attached hydrogens (tertiary/aromatic N) is 3. The van der Waals surface area contributed by atoms with Crippen molar-refractivity contribution < 1.29 is 14.3 Å². The zero-order valence-electron chi connectivity index (χ0n) is 17.3. The lowest BCUT2D eigenvalue weighted by molar-refractivity contribution is -0.113. The van der Waals surface area contributed by atoms with Gasteiger partial charge >= 0.3 is 0 Å². The Morgan fingerprint density at radius 2 is 2.06 bits per heavy atom. The van der Waals surface area contributed by atoms with Crippen LogP contribution >= 0.6 is 15.9 Å². The lowest BCUT2D eigenvalue weighted by Gasteiger charge is -2.30. The van der Waals surface area contributed by atoms with Gasteiger partial charge in [-0.25, -0.2) is 4.68 Å². The summed E-state index contributed by atoms with van der Waals surface area (Å²) < 4.78 is 13.8. The van der Waals surface area contributed by atoms with Gasteiger partial charge in [0.05, 0.1) is 25.0 Å². The summed E-state index contributed by atoms with van der Waals surface area (Å²) in [5.41, 5.74) is 2.56. The van der Waals surface area contributed by atoms with E-state index >= 15 is 0 Å². The Kier molecular flexibility index (Phi) is 5.94. The van der Waals surface area contributed by atoms with Gasteiger partial charge in [-0.2, -0.15) is 10.1 Å². The largest absolute Gasteiger partial charge is 0.495 e. The normalized spacial score (nSPS) is 15.2. The molecule has 3 aromatic rings. The summed E-state index contributed by atoms with van der Waals surface area (Å²) in [7, 11) is 1.57. The van der Waals surface area contributed by atoms with Gasteiger partial charge in [0.15, 0.2) is 0 Å². The molecule has 0 spiro atoms. The fourth-order valence-corrected chi connectivity index (χ4v) is 4.01. The van der Waals surface area contributed by atoms with Crippen LogP contribution in [0.1, 0.15) is 25.5 Å². The maximum atomic E-state index is 13.5. The molecule has 1 unspecified atom stereocenters. The molecule has 2 aromatic carbocycles. The molecule has 0 fully saturated rings. The molecule has 0 radical (unpaired) electrons. The quantitative estimate of drug-likeness (QED) is 0.540. The molecule has 1 aliphatic heterocycles. The molecule has 2 N–H and O–H groups in total. The topological polar surface area (TPSA) is 90.3 Å². The molecular formula is C22H22BrN5O3. The molecule has 2 heterocycles. The van der Waals surface area contributed by atoms with Crippen molar-refractivity contribution in [1.29, 1.82) is 0 Å².